The highest BCUT2D eigenvalue weighted by atomic mass is 35.5. The second-order valence-electron chi connectivity index (χ2n) is 6.64. The minimum absolute atomic E-state index is 0.282. The van der Waals surface area contributed by atoms with Crippen molar-refractivity contribution in [3.8, 4) is 11.5 Å². The normalized spacial score (nSPS) is 11.8. The van der Waals surface area contributed by atoms with E-state index in [1.165, 1.54) is 23.9 Å². The van der Waals surface area contributed by atoms with E-state index >= 15 is 0 Å². The Kier molecular flexibility index (Phi) is 8.30. The molecule has 0 heterocycles. The lowest BCUT2D eigenvalue weighted by molar-refractivity contribution is -0.274. The first-order valence-corrected chi connectivity index (χ1v) is 11.0. The number of carbonyl (C=O) groups is 1. The molecule has 0 aliphatic heterocycles. The molecule has 3 aromatic rings. The van der Waals surface area contributed by atoms with Crippen molar-refractivity contribution in [3.05, 3.63) is 95.0 Å². The van der Waals surface area contributed by atoms with Gasteiger partial charge in [0.2, 0.25) is 0 Å². The van der Waals surface area contributed by atoms with Crippen LogP contribution in [0.15, 0.2) is 83.8 Å². The fourth-order valence-corrected chi connectivity index (χ4v) is 4.01. The maximum Gasteiger partial charge on any atom is 0.573 e. The van der Waals surface area contributed by atoms with E-state index in [4.69, 9.17) is 21.4 Å². The fourth-order valence-electron chi connectivity index (χ4n) is 2.91. The minimum atomic E-state index is -4.74. The van der Waals surface area contributed by atoms with Crippen molar-refractivity contribution in [3.63, 3.8) is 0 Å². The lowest BCUT2D eigenvalue weighted by atomic mass is 9.98. The zero-order chi connectivity index (χ0) is 23.8. The average molecular weight is 495 g/mol. The van der Waals surface area contributed by atoms with Crippen LogP contribution in [0.5, 0.6) is 11.5 Å². The topological polar surface area (TPSA) is 55.8 Å². The van der Waals surface area contributed by atoms with Crippen LogP contribution >= 0.6 is 23.4 Å². The molecule has 0 unspecified atom stereocenters. The SMILES string of the molecule is O=C(O)COc1ccc(SC/C=C(\c2ccccc2)c2ccc(OC(F)(F)F)cc2)cc1Cl. The van der Waals surface area contributed by atoms with Gasteiger partial charge in [-0.05, 0) is 47.0 Å². The number of hydrogen-bond acceptors (Lipinski definition) is 4. The Bertz CT molecular complexity index is 1120. The van der Waals surface area contributed by atoms with Crippen LogP contribution in [-0.4, -0.2) is 29.8 Å². The number of alkyl halides is 3. The Hall–Kier alpha value is -3.10. The zero-order valence-corrected chi connectivity index (χ0v) is 18.6. The number of carboxylic acid groups (broad SMARTS) is 1. The number of hydrogen-bond donors (Lipinski definition) is 1. The monoisotopic (exact) mass is 494 g/mol. The Balaban J connectivity index is 1.76. The summed E-state index contributed by atoms with van der Waals surface area (Å²) in [6.07, 6.45) is -2.77. The van der Waals surface area contributed by atoms with Gasteiger partial charge in [-0.1, -0.05) is 60.1 Å². The molecule has 0 saturated carbocycles. The molecule has 0 aliphatic rings. The van der Waals surface area contributed by atoms with Crippen molar-refractivity contribution in [2.45, 2.75) is 11.3 Å². The first kappa shape index (κ1) is 24.5. The van der Waals surface area contributed by atoms with Crippen LogP contribution in [-0.2, 0) is 4.79 Å². The van der Waals surface area contributed by atoms with Crippen molar-refractivity contribution < 1.29 is 32.5 Å². The molecule has 0 amide bonds. The molecule has 0 saturated heterocycles. The molecule has 172 valence electrons. The molecule has 1 N–H and O–H groups in total. The number of halogens is 4. The maximum absolute atomic E-state index is 12.4. The Morgan fingerprint density at radius 2 is 1.67 bits per heavy atom. The van der Waals surface area contributed by atoms with Gasteiger partial charge in [0, 0.05) is 10.6 Å². The molecular formula is C24H18ClF3O4S. The first-order chi connectivity index (χ1) is 15.7. The zero-order valence-electron chi connectivity index (χ0n) is 17.0. The van der Waals surface area contributed by atoms with Gasteiger partial charge in [-0.25, -0.2) is 4.79 Å². The number of thioether (sulfide) groups is 1. The van der Waals surface area contributed by atoms with Gasteiger partial charge in [0.1, 0.15) is 11.5 Å². The second-order valence-corrected chi connectivity index (χ2v) is 8.14. The molecule has 33 heavy (non-hydrogen) atoms. The third-order valence-corrected chi connectivity index (χ3v) is 5.49. The summed E-state index contributed by atoms with van der Waals surface area (Å²) in [5.74, 6) is -0.546. The molecule has 3 aromatic carbocycles. The van der Waals surface area contributed by atoms with E-state index in [9.17, 15) is 18.0 Å². The van der Waals surface area contributed by atoms with Crippen molar-refractivity contribution in [2.24, 2.45) is 0 Å². The predicted octanol–water partition coefficient (Wildman–Crippen LogP) is 6.93. The second kappa shape index (κ2) is 11.2. The van der Waals surface area contributed by atoms with Crippen LogP contribution in [0.2, 0.25) is 5.02 Å². The van der Waals surface area contributed by atoms with E-state index < -0.39 is 18.9 Å². The van der Waals surface area contributed by atoms with Crippen LogP contribution < -0.4 is 9.47 Å². The lowest BCUT2D eigenvalue weighted by Crippen LogP contribution is -2.17. The van der Waals surface area contributed by atoms with Crippen LogP contribution in [0.3, 0.4) is 0 Å². The van der Waals surface area contributed by atoms with Crippen LogP contribution in [0.1, 0.15) is 11.1 Å². The molecule has 0 aromatic heterocycles. The Morgan fingerprint density at radius 3 is 2.27 bits per heavy atom. The third-order valence-electron chi connectivity index (χ3n) is 4.28. The van der Waals surface area contributed by atoms with Gasteiger partial charge in [0.15, 0.2) is 6.61 Å². The van der Waals surface area contributed by atoms with Crippen LogP contribution in [0, 0.1) is 0 Å². The van der Waals surface area contributed by atoms with E-state index in [0.29, 0.717) is 10.8 Å². The van der Waals surface area contributed by atoms with Crippen molar-refractivity contribution in [2.75, 3.05) is 12.4 Å². The van der Waals surface area contributed by atoms with Gasteiger partial charge in [-0.2, -0.15) is 0 Å². The van der Waals surface area contributed by atoms with Gasteiger partial charge >= 0.3 is 12.3 Å². The lowest BCUT2D eigenvalue weighted by Gasteiger charge is -2.12. The summed E-state index contributed by atoms with van der Waals surface area (Å²) in [4.78, 5) is 11.5. The summed E-state index contributed by atoms with van der Waals surface area (Å²) in [5, 5.41) is 9.01. The predicted molar refractivity (Wildman–Crippen MR) is 122 cm³/mol. The molecule has 0 fully saturated rings. The quantitative estimate of drug-likeness (QED) is 0.327. The van der Waals surface area contributed by atoms with Crippen LogP contribution in [0.4, 0.5) is 13.2 Å². The smallest absolute Gasteiger partial charge is 0.480 e. The summed E-state index contributed by atoms with van der Waals surface area (Å²) in [6.45, 7) is -0.484. The van der Waals surface area contributed by atoms with Crippen molar-refractivity contribution in [1.82, 2.24) is 0 Å². The maximum atomic E-state index is 12.4. The van der Waals surface area contributed by atoms with Crippen LogP contribution in [0.25, 0.3) is 5.57 Å². The summed E-state index contributed by atoms with van der Waals surface area (Å²) in [5.41, 5.74) is 2.51. The first-order valence-electron chi connectivity index (χ1n) is 9.60. The van der Waals surface area contributed by atoms with E-state index in [0.717, 1.165) is 21.6 Å². The van der Waals surface area contributed by atoms with E-state index in [1.54, 1.807) is 30.3 Å². The summed E-state index contributed by atoms with van der Waals surface area (Å²) in [7, 11) is 0. The minimum Gasteiger partial charge on any atom is -0.480 e. The highest BCUT2D eigenvalue weighted by Crippen LogP contribution is 2.32. The molecule has 4 nitrogen and oxygen atoms in total. The van der Waals surface area contributed by atoms with Crippen molar-refractivity contribution in [1.29, 1.82) is 0 Å². The molecule has 3 rings (SSSR count). The summed E-state index contributed by atoms with van der Waals surface area (Å²) < 4.78 is 46.4. The molecule has 9 heteroatoms. The summed E-state index contributed by atoms with van der Waals surface area (Å²) >= 11 is 7.66. The highest BCUT2D eigenvalue weighted by molar-refractivity contribution is 7.99. The van der Waals surface area contributed by atoms with Gasteiger partial charge in [0.05, 0.1) is 5.02 Å². The molecule has 0 atom stereocenters. The third kappa shape index (κ3) is 7.76. The van der Waals surface area contributed by atoms with Gasteiger partial charge < -0.3 is 14.6 Å². The molecule has 0 bridgehead atoms. The molecule has 0 aliphatic carbocycles. The average Bonchev–Trinajstić information content (AvgIpc) is 2.76. The van der Waals surface area contributed by atoms with Crippen molar-refractivity contribution >= 4 is 34.9 Å². The van der Waals surface area contributed by atoms with E-state index in [2.05, 4.69) is 4.74 Å². The van der Waals surface area contributed by atoms with E-state index in [-0.39, 0.29) is 11.5 Å². The number of aliphatic carboxylic acids is 1. The Morgan fingerprint density at radius 1 is 1.00 bits per heavy atom. The number of rotatable bonds is 9. The largest absolute Gasteiger partial charge is 0.573 e. The van der Waals surface area contributed by atoms with Gasteiger partial charge in [-0.15, -0.1) is 24.9 Å². The molecule has 0 radical (unpaired) electrons. The van der Waals surface area contributed by atoms with Gasteiger partial charge in [-0.3, -0.25) is 0 Å². The Labute approximate surface area is 197 Å². The number of ether oxygens (including phenoxy) is 2. The molecule has 0 spiro atoms. The number of carboxylic acids is 1. The van der Waals surface area contributed by atoms with E-state index in [1.807, 2.05) is 36.4 Å². The highest BCUT2D eigenvalue weighted by Gasteiger charge is 2.31. The van der Waals surface area contributed by atoms with Gasteiger partial charge in [0.25, 0.3) is 0 Å². The fraction of sp³-hybridized carbons (Fsp3) is 0.125. The standard InChI is InChI=1S/C24H18ClF3O4S/c25-21-14-19(10-11-22(21)31-15-23(29)30)33-13-12-20(16-4-2-1-3-5-16)17-6-8-18(9-7-17)32-24(26,27)28/h1-12,14H,13,15H2,(H,29,30)/b20-12+. The molecular weight excluding hydrogens is 477 g/mol. The summed E-state index contributed by atoms with van der Waals surface area (Å²) in [6, 6.07) is 20.3. The number of benzene rings is 3.